The van der Waals surface area contributed by atoms with Gasteiger partial charge in [-0.05, 0) is 31.0 Å². The number of aromatic nitrogens is 2. The zero-order valence-electron chi connectivity index (χ0n) is 10.8. The van der Waals surface area contributed by atoms with Gasteiger partial charge in [0.25, 0.3) is 0 Å². The average Bonchev–Trinajstić information content (AvgIpc) is 2.67. The number of benzene rings is 1. The van der Waals surface area contributed by atoms with Crippen molar-refractivity contribution < 1.29 is 9.13 Å². The molecule has 0 aliphatic heterocycles. The number of rotatable bonds is 4. The molecule has 1 aromatic heterocycles. The quantitative estimate of drug-likeness (QED) is 0.805. The first-order chi connectivity index (χ1) is 9.22. The van der Waals surface area contributed by atoms with E-state index in [2.05, 4.69) is 9.55 Å². The Labute approximate surface area is 116 Å². The summed E-state index contributed by atoms with van der Waals surface area (Å²) in [5.74, 6) is 1.23. The van der Waals surface area contributed by atoms with Gasteiger partial charge in [-0.3, -0.25) is 0 Å². The molecule has 102 valence electrons. The topological polar surface area (TPSA) is 27.1 Å². The molecule has 1 aliphatic carbocycles. The van der Waals surface area contributed by atoms with Crippen molar-refractivity contribution in [2.75, 3.05) is 13.0 Å². The van der Waals surface area contributed by atoms with E-state index in [1.165, 1.54) is 6.07 Å². The number of nitrogens with zero attached hydrogens (tertiary/aromatic N) is 2. The third-order valence-electron chi connectivity index (χ3n) is 3.81. The first-order valence-electron chi connectivity index (χ1n) is 6.48. The zero-order valence-corrected chi connectivity index (χ0v) is 11.5. The molecule has 5 heteroatoms. The molecule has 19 heavy (non-hydrogen) atoms. The highest BCUT2D eigenvalue weighted by Gasteiger charge is 2.32. The highest BCUT2D eigenvalue weighted by Crippen LogP contribution is 2.37. The molecular weight excluding hydrogens is 267 g/mol. The maximum atomic E-state index is 13.4. The molecule has 0 unspecified atom stereocenters. The molecule has 1 heterocycles. The van der Waals surface area contributed by atoms with E-state index in [-0.39, 0.29) is 5.82 Å². The Balaban J connectivity index is 2.03. The van der Waals surface area contributed by atoms with E-state index in [0.717, 1.165) is 29.7 Å². The Morgan fingerprint density at radius 1 is 1.47 bits per heavy atom. The van der Waals surface area contributed by atoms with E-state index in [4.69, 9.17) is 16.3 Å². The normalized spacial score (nSPS) is 22.7. The summed E-state index contributed by atoms with van der Waals surface area (Å²) in [4.78, 5) is 4.57. The van der Waals surface area contributed by atoms with Crippen LogP contribution in [0.5, 0.6) is 0 Å². The summed E-state index contributed by atoms with van der Waals surface area (Å²) in [7, 11) is 1.73. The second kappa shape index (κ2) is 5.10. The molecule has 0 N–H and O–H groups in total. The third-order valence-corrected chi connectivity index (χ3v) is 4.00. The minimum Gasteiger partial charge on any atom is -0.381 e. The van der Waals surface area contributed by atoms with Crippen molar-refractivity contribution in [1.82, 2.24) is 9.55 Å². The maximum absolute atomic E-state index is 13.4. The van der Waals surface area contributed by atoms with Gasteiger partial charge in [0.1, 0.15) is 11.6 Å². The number of aryl methyl sites for hydroxylation is 1. The van der Waals surface area contributed by atoms with Crippen LogP contribution in [0.4, 0.5) is 4.39 Å². The molecule has 0 spiro atoms. The summed E-state index contributed by atoms with van der Waals surface area (Å²) in [6.45, 7) is 0. The number of alkyl halides is 1. The van der Waals surface area contributed by atoms with Crippen LogP contribution in [0.3, 0.4) is 0 Å². The third kappa shape index (κ3) is 2.23. The van der Waals surface area contributed by atoms with Gasteiger partial charge in [-0.2, -0.15) is 0 Å². The van der Waals surface area contributed by atoms with Gasteiger partial charge < -0.3 is 9.30 Å². The second-order valence-corrected chi connectivity index (χ2v) is 5.33. The fraction of sp³-hybridized carbons (Fsp3) is 0.500. The van der Waals surface area contributed by atoms with Crippen LogP contribution in [0.2, 0.25) is 0 Å². The largest absolute Gasteiger partial charge is 0.381 e. The molecule has 1 fully saturated rings. The van der Waals surface area contributed by atoms with Crippen molar-refractivity contribution in [1.29, 1.82) is 0 Å². The first-order valence-corrected chi connectivity index (χ1v) is 7.01. The van der Waals surface area contributed by atoms with Crippen molar-refractivity contribution in [2.45, 2.75) is 31.4 Å². The predicted octanol–water partition coefficient (Wildman–Crippen LogP) is 3.31. The first kappa shape index (κ1) is 12.9. The molecule has 1 aromatic carbocycles. The van der Waals surface area contributed by atoms with Crippen molar-refractivity contribution in [3.8, 4) is 0 Å². The van der Waals surface area contributed by atoms with E-state index in [1.54, 1.807) is 19.2 Å². The zero-order chi connectivity index (χ0) is 13.4. The number of halogens is 2. The lowest BCUT2D eigenvalue weighted by atomic mass is 9.88. The number of hydrogen-bond acceptors (Lipinski definition) is 2. The van der Waals surface area contributed by atoms with Crippen LogP contribution in [-0.2, 0) is 11.2 Å². The van der Waals surface area contributed by atoms with Crippen molar-refractivity contribution in [3.63, 3.8) is 0 Å². The highest BCUT2D eigenvalue weighted by molar-refractivity contribution is 6.17. The number of hydrogen-bond donors (Lipinski definition) is 0. The van der Waals surface area contributed by atoms with Crippen LogP contribution < -0.4 is 0 Å². The summed E-state index contributed by atoms with van der Waals surface area (Å²) >= 11 is 5.84. The van der Waals surface area contributed by atoms with Crippen LogP contribution >= 0.6 is 11.6 Å². The molecule has 1 aliphatic rings. The smallest absolute Gasteiger partial charge is 0.125 e. The standard InChI is InChI=1S/C14H16ClFN2O/c1-19-11-7-10(8-11)18-13-6-9(16)2-3-12(13)17-14(18)4-5-15/h2-3,6,10-11H,4-5,7-8H2,1H3. The molecule has 0 amide bonds. The van der Waals surface area contributed by atoms with Gasteiger partial charge in [0.2, 0.25) is 0 Å². The average molecular weight is 283 g/mol. The minimum atomic E-state index is -0.228. The Hall–Kier alpha value is -1.13. The van der Waals surface area contributed by atoms with Crippen LogP contribution in [0, 0.1) is 5.82 Å². The molecule has 0 radical (unpaired) electrons. The van der Waals surface area contributed by atoms with Crippen LogP contribution in [0.1, 0.15) is 24.7 Å². The van der Waals surface area contributed by atoms with Crippen molar-refractivity contribution in [2.24, 2.45) is 0 Å². The monoisotopic (exact) mass is 282 g/mol. The molecule has 0 bridgehead atoms. The molecular formula is C14H16ClFN2O. The van der Waals surface area contributed by atoms with Gasteiger partial charge in [0, 0.05) is 25.5 Å². The van der Waals surface area contributed by atoms with E-state index in [0.29, 0.717) is 24.4 Å². The van der Waals surface area contributed by atoms with Gasteiger partial charge in [0.15, 0.2) is 0 Å². The summed E-state index contributed by atoms with van der Waals surface area (Å²) in [5, 5.41) is 0. The maximum Gasteiger partial charge on any atom is 0.125 e. The predicted molar refractivity (Wildman–Crippen MR) is 73.2 cm³/mol. The summed E-state index contributed by atoms with van der Waals surface area (Å²) in [6, 6.07) is 5.07. The van der Waals surface area contributed by atoms with E-state index in [1.807, 2.05) is 0 Å². The molecule has 1 saturated carbocycles. The molecule has 3 nitrogen and oxygen atoms in total. The molecule has 2 aromatic rings. The Morgan fingerprint density at radius 2 is 2.26 bits per heavy atom. The van der Waals surface area contributed by atoms with Crippen LogP contribution in [0.15, 0.2) is 18.2 Å². The second-order valence-electron chi connectivity index (χ2n) is 4.95. The summed E-state index contributed by atoms with van der Waals surface area (Å²) in [6.07, 6.45) is 2.91. The number of methoxy groups -OCH3 is 1. The molecule has 0 atom stereocenters. The fourth-order valence-corrected chi connectivity index (χ4v) is 2.89. The van der Waals surface area contributed by atoms with Crippen molar-refractivity contribution in [3.05, 3.63) is 29.8 Å². The summed E-state index contributed by atoms with van der Waals surface area (Å²) in [5.41, 5.74) is 1.70. The Morgan fingerprint density at radius 3 is 2.95 bits per heavy atom. The minimum absolute atomic E-state index is 0.228. The lowest BCUT2D eigenvalue weighted by Crippen LogP contribution is -2.33. The van der Waals surface area contributed by atoms with Crippen molar-refractivity contribution >= 4 is 22.6 Å². The lowest BCUT2D eigenvalue weighted by Gasteiger charge is -2.36. The van der Waals surface area contributed by atoms with Gasteiger partial charge >= 0.3 is 0 Å². The van der Waals surface area contributed by atoms with E-state index >= 15 is 0 Å². The summed E-state index contributed by atoms with van der Waals surface area (Å²) < 4.78 is 20.9. The number of ether oxygens (including phenoxy) is 1. The van der Waals surface area contributed by atoms with Crippen LogP contribution in [0.25, 0.3) is 11.0 Å². The Kier molecular flexibility index (Phi) is 3.46. The SMILES string of the molecule is COC1CC(n2c(CCCl)nc3ccc(F)cc32)C1. The van der Waals surface area contributed by atoms with E-state index < -0.39 is 0 Å². The van der Waals surface area contributed by atoms with Gasteiger partial charge in [-0.1, -0.05) is 0 Å². The van der Waals surface area contributed by atoms with Crippen LogP contribution in [-0.4, -0.2) is 28.6 Å². The fourth-order valence-electron chi connectivity index (χ4n) is 2.73. The van der Waals surface area contributed by atoms with Gasteiger partial charge in [-0.25, -0.2) is 9.37 Å². The lowest BCUT2D eigenvalue weighted by molar-refractivity contribution is 0.00663. The van der Waals surface area contributed by atoms with E-state index in [9.17, 15) is 4.39 Å². The highest BCUT2D eigenvalue weighted by atomic mass is 35.5. The molecule has 0 saturated heterocycles. The number of fused-ring (bicyclic) bond motifs is 1. The molecule has 3 rings (SSSR count). The van der Waals surface area contributed by atoms with Gasteiger partial charge in [0.05, 0.1) is 17.1 Å². The number of imidazole rings is 1. The Bertz CT molecular complexity index is 592. The van der Waals surface area contributed by atoms with Gasteiger partial charge in [-0.15, -0.1) is 11.6 Å².